The van der Waals surface area contributed by atoms with E-state index in [1.165, 1.54) is 37.7 Å². The fraction of sp³-hybridized carbons (Fsp3) is 0.571. The van der Waals surface area contributed by atoms with E-state index >= 15 is 0 Å². The molecule has 1 unspecified atom stereocenters. The van der Waals surface area contributed by atoms with Gasteiger partial charge in [-0.25, -0.2) is 4.98 Å². The van der Waals surface area contributed by atoms with E-state index in [4.69, 9.17) is 16.3 Å². The Morgan fingerprint density at radius 3 is 2.86 bits per heavy atom. The van der Waals surface area contributed by atoms with Gasteiger partial charge in [-0.15, -0.1) is 11.8 Å². The second kappa shape index (κ2) is 13.5. The Morgan fingerprint density at radius 2 is 2.09 bits per heavy atom. The third kappa shape index (κ3) is 7.37. The summed E-state index contributed by atoms with van der Waals surface area (Å²) in [6.07, 6.45) is 11.5. The molecule has 2 aromatic rings. The highest BCUT2D eigenvalue weighted by Gasteiger charge is 2.28. The van der Waals surface area contributed by atoms with Crippen molar-refractivity contribution in [1.29, 1.82) is 0 Å². The second-order valence-electron chi connectivity index (χ2n) is 9.70. The zero-order chi connectivity index (χ0) is 24.5. The molecule has 7 heteroatoms. The highest BCUT2D eigenvalue weighted by molar-refractivity contribution is 7.98. The lowest BCUT2D eigenvalue weighted by Gasteiger charge is -2.22. The molecule has 2 aliphatic rings. The summed E-state index contributed by atoms with van der Waals surface area (Å²) in [4.78, 5) is 18.5. The van der Waals surface area contributed by atoms with Crippen LogP contribution in [0.25, 0.3) is 0 Å². The number of esters is 1. The molecule has 5 nitrogen and oxygen atoms in total. The maximum atomic E-state index is 12.8. The van der Waals surface area contributed by atoms with Gasteiger partial charge >= 0.3 is 5.97 Å². The first kappa shape index (κ1) is 26.3. The molecule has 1 saturated carbocycles. The minimum absolute atomic E-state index is 0.145. The van der Waals surface area contributed by atoms with E-state index in [2.05, 4.69) is 34.7 Å². The van der Waals surface area contributed by atoms with E-state index in [0.29, 0.717) is 13.2 Å². The summed E-state index contributed by atoms with van der Waals surface area (Å²) in [5, 5.41) is 7.67. The summed E-state index contributed by atoms with van der Waals surface area (Å²) in [6, 6.07) is 8.16. The molecule has 0 radical (unpaired) electrons. The Hall–Kier alpha value is -1.76. The molecular formula is C28H38ClN3O2S. The number of aromatic nitrogens is 1. The molecule has 2 heterocycles. The van der Waals surface area contributed by atoms with Crippen molar-refractivity contribution in [3.05, 3.63) is 52.2 Å². The monoisotopic (exact) mass is 515 g/mol. The number of thioether (sulfide) groups is 1. The van der Waals surface area contributed by atoms with Crippen LogP contribution in [0.2, 0.25) is 5.02 Å². The van der Waals surface area contributed by atoms with Crippen molar-refractivity contribution in [2.75, 3.05) is 31.6 Å². The standard InChI is InChI=1S/C28H38ClN3O2S/c1-2-3-15-34-28(33)24-18-30-14-13-23-22(24)10-11-25(29)27(23)35-19-21-9-12-26(32-17-21)31-16-20-7-5-4-6-8-20/h9-12,17,20,24,30H,2-8,13-16,18-19H2,1H3,(H,31,32). The third-order valence-corrected chi connectivity index (χ3v) is 8.72. The average molecular weight is 516 g/mol. The maximum Gasteiger partial charge on any atom is 0.314 e. The van der Waals surface area contributed by atoms with Crippen molar-refractivity contribution < 1.29 is 9.53 Å². The quantitative estimate of drug-likeness (QED) is 0.211. The SMILES string of the molecule is CCCCOC(=O)C1CNCCc2c1ccc(Cl)c2SCc1ccc(NCC2CCCCC2)nc1. The molecule has 0 bridgehead atoms. The van der Waals surface area contributed by atoms with Crippen LogP contribution in [-0.4, -0.2) is 37.2 Å². The lowest BCUT2D eigenvalue weighted by molar-refractivity contribution is -0.145. The number of fused-ring (bicyclic) bond motifs is 1. The molecule has 1 aliphatic heterocycles. The summed E-state index contributed by atoms with van der Waals surface area (Å²) in [7, 11) is 0. The number of carbonyl (C=O) groups excluding carboxylic acids is 1. The van der Waals surface area contributed by atoms with Crippen LogP contribution < -0.4 is 10.6 Å². The number of rotatable bonds is 10. The van der Waals surface area contributed by atoms with Crippen LogP contribution >= 0.6 is 23.4 Å². The van der Waals surface area contributed by atoms with Crippen LogP contribution in [0.5, 0.6) is 0 Å². The van der Waals surface area contributed by atoms with E-state index in [1.807, 2.05) is 18.3 Å². The predicted molar refractivity (Wildman–Crippen MR) is 145 cm³/mol. The van der Waals surface area contributed by atoms with E-state index in [9.17, 15) is 4.79 Å². The van der Waals surface area contributed by atoms with Crippen molar-refractivity contribution in [3.63, 3.8) is 0 Å². The van der Waals surface area contributed by atoms with Gasteiger partial charge in [0.05, 0.1) is 17.5 Å². The summed E-state index contributed by atoms with van der Waals surface area (Å²) in [5.41, 5.74) is 3.38. The number of unbranched alkanes of at least 4 members (excludes halogenated alkanes) is 1. The predicted octanol–water partition coefficient (Wildman–Crippen LogP) is 6.59. The summed E-state index contributed by atoms with van der Waals surface area (Å²) in [6.45, 7) is 5.02. The molecule has 0 amide bonds. The zero-order valence-corrected chi connectivity index (χ0v) is 22.4. The number of nitrogens with one attached hydrogen (secondary N) is 2. The van der Waals surface area contributed by atoms with Gasteiger partial charge in [0.1, 0.15) is 5.82 Å². The molecule has 2 N–H and O–H groups in total. The third-order valence-electron chi connectivity index (χ3n) is 7.06. The summed E-state index contributed by atoms with van der Waals surface area (Å²) >= 11 is 8.40. The molecule has 0 saturated heterocycles. The van der Waals surface area contributed by atoms with E-state index in [1.54, 1.807) is 11.8 Å². The molecule has 35 heavy (non-hydrogen) atoms. The number of nitrogens with zero attached hydrogens (tertiary/aromatic N) is 1. The topological polar surface area (TPSA) is 63.2 Å². The molecular weight excluding hydrogens is 478 g/mol. The van der Waals surface area contributed by atoms with Gasteiger partial charge in [0.25, 0.3) is 0 Å². The Balaban J connectivity index is 1.40. The molecule has 0 spiro atoms. The number of hydrogen-bond donors (Lipinski definition) is 2. The Kier molecular flexibility index (Phi) is 10.2. The van der Waals surface area contributed by atoms with E-state index in [-0.39, 0.29) is 11.9 Å². The van der Waals surface area contributed by atoms with E-state index in [0.717, 1.165) is 70.9 Å². The van der Waals surface area contributed by atoms with Gasteiger partial charge < -0.3 is 15.4 Å². The van der Waals surface area contributed by atoms with E-state index < -0.39 is 0 Å². The smallest absolute Gasteiger partial charge is 0.314 e. The second-order valence-corrected chi connectivity index (χ2v) is 11.1. The number of halogens is 1. The number of pyridine rings is 1. The lowest BCUT2D eigenvalue weighted by atomic mass is 9.89. The maximum absolute atomic E-state index is 12.8. The molecule has 1 fully saturated rings. The van der Waals surface area contributed by atoms with Crippen LogP contribution in [0.4, 0.5) is 5.82 Å². The van der Waals surface area contributed by atoms with Gasteiger partial charge in [-0.1, -0.05) is 56.3 Å². The Morgan fingerprint density at radius 1 is 1.23 bits per heavy atom. The largest absolute Gasteiger partial charge is 0.465 e. The molecule has 4 rings (SSSR count). The van der Waals surface area contributed by atoms with Crippen molar-refractivity contribution in [2.45, 2.75) is 74.9 Å². The highest BCUT2D eigenvalue weighted by Crippen LogP contribution is 2.38. The number of hydrogen-bond acceptors (Lipinski definition) is 6. The van der Waals surface area contributed by atoms with Gasteiger partial charge in [-0.2, -0.15) is 0 Å². The Bertz CT molecular complexity index is 963. The van der Waals surface area contributed by atoms with Crippen LogP contribution in [0.15, 0.2) is 35.4 Å². The molecule has 190 valence electrons. The zero-order valence-electron chi connectivity index (χ0n) is 20.8. The summed E-state index contributed by atoms with van der Waals surface area (Å²) in [5.74, 6) is 2.07. The first-order valence-electron chi connectivity index (χ1n) is 13.2. The molecule has 1 aromatic carbocycles. The first-order valence-corrected chi connectivity index (χ1v) is 14.5. The number of carbonyl (C=O) groups is 1. The molecule has 1 aliphatic carbocycles. The van der Waals surface area contributed by atoms with Crippen molar-refractivity contribution in [2.24, 2.45) is 5.92 Å². The Labute approximate surface area is 219 Å². The van der Waals surface area contributed by atoms with Gasteiger partial charge in [-0.05, 0) is 67.0 Å². The van der Waals surface area contributed by atoms with Crippen molar-refractivity contribution in [1.82, 2.24) is 10.3 Å². The van der Waals surface area contributed by atoms with Crippen molar-refractivity contribution in [3.8, 4) is 0 Å². The van der Waals surface area contributed by atoms with Gasteiger partial charge in [0.2, 0.25) is 0 Å². The lowest BCUT2D eigenvalue weighted by Crippen LogP contribution is -2.27. The summed E-state index contributed by atoms with van der Waals surface area (Å²) < 4.78 is 5.57. The fourth-order valence-electron chi connectivity index (χ4n) is 4.96. The number of benzene rings is 1. The van der Waals surface area contributed by atoms with Crippen LogP contribution in [0.1, 0.15) is 74.5 Å². The minimum atomic E-state index is -0.294. The number of ether oxygens (including phenoxy) is 1. The van der Waals surface area contributed by atoms with Gasteiger partial charge in [0, 0.05) is 29.9 Å². The average Bonchev–Trinajstić information content (AvgIpc) is 3.11. The van der Waals surface area contributed by atoms with Crippen LogP contribution in [-0.2, 0) is 21.7 Å². The van der Waals surface area contributed by atoms with Crippen LogP contribution in [0.3, 0.4) is 0 Å². The number of anilines is 1. The van der Waals surface area contributed by atoms with Gasteiger partial charge in [-0.3, -0.25) is 4.79 Å². The minimum Gasteiger partial charge on any atom is -0.465 e. The normalized spacial score (nSPS) is 18.5. The molecule has 1 atom stereocenters. The molecule has 1 aromatic heterocycles. The fourth-order valence-corrected chi connectivity index (χ4v) is 6.39. The first-order chi connectivity index (χ1) is 17.2. The van der Waals surface area contributed by atoms with Crippen molar-refractivity contribution >= 4 is 35.1 Å². The van der Waals surface area contributed by atoms with Gasteiger partial charge in [0.15, 0.2) is 0 Å². The van der Waals surface area contributed by atoms with Crippen LogP contribution in [0, 0.1) is 5.92 Å². The highest BCUT2D eigenvalue weighted by atomic mass is 35.5.